The summed E-state index contributed by atoms with van der Waals surface area (Å²) in [6.07, 6.45) is 0.965. The van der Waals surface area contributed by atoms with Crippen LogP contribution in [0.1, 0.15) is 18.5 Å². The molecule has 0 atom stereocenters. The van der Waals surface area contributed by atoms with Crippen LogP contribution in [0.3, 0.4) is 0 Å². The topological polar surface area (TPSA) is 104 Å². The summed E-state index contributed by atoms with van der Waals surface area (Å²) in [5, 5.41) is 4.23. The smallest absolute Gasteiger partial charge is 0.305 e. The molecule has 0 unspecified atom stereocenters. The average molecular weight is 451 g/mol. The van der Waals surface area contributed by atoms with E-state index in [1.807, 2.05) is 0 Å². The number of fused-ring (bicyclic) bond motifs is 2. The Hall–Kier alpha value is -2.56. The van der Waals surface area contributed by atoms with Crippen LogP contribution in [0.15, 0.2) is 41.3 Å². The summed E-state index contributed by atoms with van der Waals surface area (Å²) in [4.78, 5) is 15.8. The van der Waals surface area contributed by atoms with Gasteiger partial charge in [-0.3, -0.25) is 4.79 Å². The van der Waals surface area contributed by atoms with E-state index in [9.17, 15) is 13.2 Å². The molecule has 4 rings (SSSR count). The summed E-state index contributed by atoms with van der Waals surface area (Å²) < 4.78 is 37.6. The molecule has 0 aliphatic rings. The second-order valence-corrected chi connectivity index (χ2v) is 9.24. The van der Waals surface area contributed by atoms with Crippen molar-refractivity contribution < 1.29 is 17.9 Å². The molecule has 3 heterocycles. The Labute approximate surface area is 175 Å². The highest BCUT2D eigenvalue weighted by molar-refractivity contribution is 7.90. The number of nitrogens with zero attached hydrogens (tertiary/aromatic N) is 4. The predicted molar refractivity (Wildman–Crippen MR) is 110 cm³/mol. The van der Waals surface area contributed by atoms with Gasteiger partial charge in [0, 0.05) is 12.1 Å². The van der Waals surface area contributed by atoms with E-state index < -0.39 is 10.0 Å². The molecular weight excluding hydrogens is 436 g/mol. The van der Waals surface area contributed by atoms with Crippen LogP contribution < -0.4 is 0 Å². The number of hydrogen-bond donors (Lipinski definition) is 0. The van der Waals surface area contributed by atoms with Gasteiger partial charge in [0.25, 0.3) is 10.0 Å². The molecule has 0 fully saturated rings. The lowest BCUT2D eigenvalue weighted by atomic mass is 10.2. The molecule has 0 bridgehead atoms. The van der Waals surface area contributed by atoms with Gasteiger partial charge >= 0.3 is 5.97 Å². The predicted octanol–water partition coefficient (Wildman–Crippen LogP) is 3.43. The minimum Gasteiger partial charge on any atom is -0.469 e. The highest BCUT2D eigenvalue weighted by Crippen LogP contribution is 2.28. The Morgan fingerprint density at radius 3 is 2.83 bits per heavy atom. The number of carbonyl (C=O) groups is 1. The fourth-order valence-electron chi connectivity index (χ4n) is 3.09. The van der Waals surface area contributed by atoms with E-state index >= 15 is 0 Å². The molecule has 29 heavy (non-hydrogen) atoms. The maximum absolute atomic E-state index is 13.5. The summed E-state index contributed by atoms with van der Waals surface area (Å²) in [7, 11) is -2.62. The zero-order valence-corrected chi connectivity index (χ0v) is 17.6. The summed E-state index contributed by atoms with van der Waals surface area (Å²) in [6, 6.07) is 9.56. The van der Waals surface area contributed by atoms with Crippen molar-refractivity contribution in [2.45, 2.75) is 24.2 Å². The molecule has 1 aromatic carbocycles. The lowest BCUT2D eigenvalue weighted by Gasteiger charge is -2.12. The third-order valence-electron chi connectivity index (χ3n) is 4.45. The summed E-state index contributed by atoms with van der Waals surface area (Å²) in [6.45, 7) is 0. The summed E-state index contributed by atoms with van der Waals surface area (Å²) in [5.41, 5.74) is 1.90. The lowest BCUT2D eigenvalue weighted by molar-refractivity contribution is -0.140. The number of methoxy groups -OCH3 is 1. The van der Waals surface area contributed by atoms with E-state index in [0.29, 0.717) is 35.1 Å². The van der Waals surface area contributed by atoms with Crippen molar-refractivity contribution in [2.24, 2.45) is 0 Å². The second-order valence-electron chi connectivity index (χ2n) is 6.28. The molecule has 0 aliphatic heterocycles. The Kier molecular flexibility index (Phi) is 5.24. The van der Waals surface area contributed by atoms with E-state index in [1.165, 1.54) is 34.7 Å². The van der Waals surface area contributed by atoms with E-state index in [4.69, 9.17) is 11.6 Å². The zero-order valence-electron chi connectivity index (χ0n) is 15.2. The molecule has 0 amide bonds. The van der Waals surface area contributed by atoms with Crippen molar-refractivity contribution >= 4 is 60.4 Å². The lowest BCUT2D eigenvalue weighted by Crippen LogP contribution is -2.16. The van der Waals surface area contributed by atoms with Crippen LogP contribution >= 0.6 is 23.1 Å². The van der Waals surface area contributed by atoms with Crippen molar-refractivity contribution in [3.05, 3.63) is 47.2 Å². The third-order valence-corrected chi connectivity index (χ3v) is 7.13. The first-order valence-electron chi connectivity index (χ1n) is 8.61. The van der Waals surface area contributed by atoms with Crippen LogP contribution in [0, 0.1) is 0 Å². The highest BCUT2D eigenvalue weighted by atomic mass is 35.5. The fourth-order valence-corrected chi connectivity index (χ4v) is 5.36. The van der Waals surface area contributed by atoms with E-state index in [-0.39, 0.29) is 22.4 Å². The normalized spacial score (nSPS) is 11.9. The van der Waals surface area contributed by atoms with E-state index in [1.54, 1.807) is 24.3 Å². The van der Waals surface area contributed by atoms with Crippen LogP contribution in [-0.4, -0.2) is 40.0 Å². The largest absolute Gasteiger partial charge is 0.469 e. The second kappa shape index (κ2) is 7.69. The Morgan fingerprint density at radius 2 is 2.03 bits per heavy atom. The number of aromatic nitrogens is 4. The van der Waals surface area contributed by atoms with Gasteiger partial charge in [-0.15, -0.1) is 5.10 Å². The molecule has 0 aliphatic carbocycles. The molecular formula is C18H15ClN4O4S2. The molecule has 8 nitrogen and oxygen atoms in total. The Balaban J connectivity index is 1.83. The molecule has 0 radical (unpaired) electrons. The van der Waals surface area contributed by atoms with E-state index in [0.717, 1.165) is 4.70 Å². The number of aryl methyl sites for hydroxylation is 1. The fraction of sp³-hybridized carbons (Fsp3) is 0.222. The molecule has 0 saturated heterocycles. The minimum atomic E-state index is -3.94. The number of carbonyl (C=O) groups excluding carboxylic acids is 1. The zero-order chi connectivity index (χ0) is 20.6. The van der Waals surface area contributed by atoms with Gasteiger partial charge < -0.3 is 4.74 Å². The quantitative estimate of drug-likeness (QED) is 0.327. The Morgan fingerprint density at radius 1 is 1.21 bits per heavy atom. The minimum absolute atomic E-state index is 0.0966. The number of halogens is 1. The molecule has 0 saturated carbocycles. The van der Waals surface area contributed by atoms with Crippen LogP contribution in [0.5, 0.6) is 0 Å². The molecule has 3 aromatic heterocycles. The van der Waals surface area contributed by atoms with Gasteiger partial charge in [-0.05, 0) is 60.8 Å². The number of pyridine rings is 1. The van der Waals surface area contributed by atoms with Crippen LogP contribution in [-0.2, 0) is 26.0 Å². The van der Waals surface area contributed by atoms with Crippen molar-refractivity contribution in [1.82, 2.24) is 18.5 Å². The maximum atomic E-state index is 13.5. The van der Waals surface area contributed by atoms with Gasteiger partial charge in [-0.2, -0.15) is 0 Å². The number of hydrogen-bond acceptors (Lipinski definition) is 8. The maximum Gasteiger partial charge on any atom is 0.305 e. The van der Waals surface area contributed by atoms with Crippen LogP contribution in [0.4, 0.5) is 0 Å². The average Bonchev–Trinajstić information content (AvgIpc) is 3.31. The highest BCUT2D eigenvalue weighted by Gasteiger charge is 2.24. The first-order valence-corrected chi connectivity index (χ1v) is 11.2. The first-order chi connectivity index (χ1) is 13.9. The van der Waals surface area contributed by atoms with Gasteiger partial charge in [-0.1, -0.05) is 16.1 Å². The van der Waals surface area contributed by atoms with Crippen molar-refractivity contribution in [1.29, 1.82) is 0 Å². The Bertz CT molecular complexity index is 1330. The number of ether oxygens (including phenoxy) is 1. The van der Waals surface area contributed by atoms with E-state index in [2.05, 4.69) is 19.3 Å². The molecule has 150 valence electrons. The van der Waals surface area contributed by atoms with Gasteiger partial charge in [0.2, 0.25) is 0 Å². The van der Waals surface area contributed by atoms with Gasteiger partial charge in [0.15, 0.2) is 0 Å². The number of esters is 1. The van der Waals surface area contributed by atoms with Gasteiger partial charge in [0.05, 0.1) is 27.7 Å². The monoisotopic (exact) mass is 450 g/mol. The van der Waals surface area contributed by atoms with Crippen molar-refractivity contribution in [2.75, 3.05) is 7.11 Å². The van der Waals surface area contributed by atoms with Crippen LogP contribution in [0.25, 0.3) is 21.3 Å². The molecule has 4 aromatic rings. The number of benzene rings is 1. The standard InChI is InChI=1S/C18H15ClN4O4S2/c1-27-18(24)4-2-3-11-9-13-15(6-8-17(19)20-13)23(11)29(25,26)12-5-7-16-14(10-12)21-22-28-16/h5-10H,2-4H2,1H3. The van der Waals surface area contributed by atoms with Gasteiger partial charge in [0.1, 0.15) is 10.7 Å². The summed E-state index contributed by atoms with van der Waals surface area (Å²) >= 11 is 7.18. The molecule has 0 N–H and O–H groups in total. The van der Waals surface area contributed by atoms with Crippen LogP contribution in [0.2, 0.25) is 5.15 Å². The SMILES string of the molecule is COC(=O)CCCc1cc2nc(Cl)ccc2n1S(=O)(=O)c1ccc2snnc2c1. The van der Waals surface area contributed by atoms with Crippen molar-refractivity contribution in [3.63, 3.8) is 0 Å². The third kappa shape index (κ3) is 3.70. The molecule has 0 spiro atoms. The first kappa shape index (κ1) is 19.7. The van der Waals surface area contributed by atoms with Crippen molar-refractivity contribution in [3.8, 4) is 0 Å². The number of rotatable bonds is 6. The summed E-state index contributed by atoms with van der Waals surface area (Å²) in [5.74, 6) is -0.349. The van der Waals surface area contributed by atoms with Gasteiger partial charge in [-0.25, -0.2) is 17.4 Å². The molecule has 11 heteroatoms.